The van der Waals surface area contributed by atoms with Gasteiger partial charge in [0.1, 0.15) is 11.6 Å². The number of aromatic nitrogens is 1. The summed E-state index contributed by atoms with van der Waals surface area (Å²) in [5.74, 6) is 2.25. The fraction of sp³-hybridized carbons (Fsp3) is 0.450. The lowest BCUT2D eigenvalue weighted by Gasteiger charge is -2.22. The molecule has 1 aliphatic rings. The van der Waals surface area contributed by atoms with Crippen LogP contribution < -0.4 is 10.1 Å². The number of nitrogens with zero attached hydrogens (tertiary/aromatic N) is 2. The Morgan fingerprint density at radius 2 is 2.24 bits per heavy atom. The number of ether oxygens (including phenoxy) is 1. The molecule has 1 saturated heterocycles. The Hall–Kier alpha value is -2.11. The summed E-state index contributed by atoms with van der Waals surface area (Å²) in [6, 6.07) is 11.8. The fourth-order valence-corrected chi connectivity index (χ4v) is 3.42. The number of hydrogen-bond acceptors (Lipinski definition) is 5. The number of hydrogen-bond donors (Lipinski definition) is 2. The average Bonchev–Trinajstić information content (AvgIpc) is 3.08. The van der Waals surface area contributed by atoms with Crippen LogP contribution in [-0.2, 0) is 0 Å². The summed E-state index contributed by atoms with van der Waals surface area (Å²) in [4.78, 5) is 6.63. The van der Waals surface area contributed by atoms with Gasteiger partial charge in [-0.1, -0.05) is 17.7 Å². The van der Waals surface area contributed by atoms with Crippen LogP contribution >= 0.6 is 0 Å². The number of aryl methyl sites for hydroxylation is 1. The Morgan fingerprint density at radius 1 is 1.36 bits per heavy atom. The Bertz CT molecular complexity index is 678. The van der Waals surface area contributed by atoms with E-state index in [1.165, 1.54) is 0 Å². The molecule has 25 heavy (non-hydrogen) atoms. The molecule has 0 spiro atoms. The minimum atomic E-state index is -0.530. The number of methoxy groups -OCH3 is 1. The summed E-state index contributed by atoms with van der Waals surface area (Å²) in [5, 5.41) is 14.1. The Labute approximate surface area is 149 Å². The van der Waals surface area contributed by atoms with Crippen molar-refractivity contribution in [2.24, 2.45) is 5.92 Å². The number of rotatable bonds is 7. The summed E-state index contributed by atoms with van der Waals surface area (Å²) < 4.78 is 5.40. The van der Waals surface area contributed by atoms with Crippen LogP contribution in [0.25, 0.3) is 0 Å². The quantitative estimate of drug-likeness (QED) is 0.811. The average molecular weight is 341 g/mol. The minimum absolute atomic E-state index is 0.530. The minimum Gasteiger partial charge on any atom is -0.496 e. The van der Waals surface area contributed by atoms with E-state index in [-0.39, 0.29) is 0 Å². The van der Waals surface area contributed by atoms with Gasteiger partial charge in [0.15, 0.2) is 0 Å². The molecule has 0 saturated carbocycles. The van der Waals surface area contributed by atoms with Crippen LogP contribution in [0.2, 0.25) is 0 Å². The highest BCUT2D eigenvalue weighted by Gasteiger charge is 2.25. The molecular weight excluding hydrogens is 314 g/mol. The number of nitrogens with one attached hydrogen (secondary N) is 1. The lowest BCUT2D eigenvalue weighted by Crippen LogP contribution is -2.28. The standard InChI is InChI=1S/C20H27N3O2/c1-15-6-7-19(25-2)17(11-15)18(24)14-23-10-8-16(13-23)12-22-20-5-3-4-9-21-20/h3-7,9,11,16,18,24H,8,10,12-14H2,1-2H3,(H,21,22)/t16-,18-/m0/s1. The van der Waals surface area contributed by atoms with Gasteiger partial charge in [0.2, 0.25) is 0 Å². The molecule has 5 nitrogen and oxygen atoms in total. The normalized spacial score (nSPS) is 18.9. The summed E-state index contributed by atoms with van der Waals surface area (Å²) in [7, 11) is 1.65. The molecular formula is C20H27N3O2. The van der Waals surface area contributed by atoms with E-state index in [0.29, 0.717) is 12.5 Å². The molecule has 0 bridgehead atoms. The number of aliphatic hydroxyl groups excluding tert-OH is 1. The highest BCUT2D eigenvalue weighted by Crippen LogP contribution is 2.28. The van der Waals surface area contributed by atoms with Gasteiger partial charge in [-0.05, 0) is 50.1 Å². The van der Waals surface area contributed by atoms with Crippen molar-refractivity contribution >= 4 is 5.82 Å². The van der Waals surface area contributed by atoms with Gasteiger partial charge in [0, 0.05) is 31.4 Å². The zero-order valence-corrected chi connectivity index (χ0v) is 15.0. The van der Waals surface area contributed by atoms with Crippen molar-refractivity contribution < 1.29 is 9.84 Å². The molecule has 1 aliphatic heterocycles. The third-order valence-corrected chi connectivity index (χ3v) is 4.78. The van der Waals surface area contributed by atoms with Crippen LogP contribution in [0.5, 0.6) is 5.75 Å². The van der Waals surface area contributed by atoms with E-state index in [4.69, 9.17) is 4.74 Å². The van der Waals surface area contributed by atoms with Gasteiger partial charge in [-0.2, -0.15) is 0 Å². The Balaban J connectivity index is 1.52. The second-order valence-electron chi connectivity index (χ2n) is 6.77. The second kappa shape index (κ2) is 8.32. The first-order chi connectivity index (χ1) is 12.2. The van der Waals surface area contributed by atoms with Gasteiger partial charge < -0.3 is 20.1 Å². The first-order valence-corrected chi connectivity index (χ1v) is 8.85. The van der Waals surface area contributed by atoms with Crippen LogP contribution in [0.15, 0.2) is 42.6 Å². The first-order valence-electron chi connectivity index (χ1n) is 8.85. The SMILES string of the molecule is COc1ccc(C)cc1[C@@H](O)CN1CC[C@@H](CNc2ccccn2)C1. The molecule has 134 valence electrons. The van der Waals surface area contributed by atoms with Crippen molar-refractivity contribution in [2.45, 2.75) is 19.4 Å². The molecule has 0 radical (unpaired) electrons. The smallest absolute Gasteiger partial charge is 0.125 e. The predicted octanol–water partition coefficient (Wildman–Crippen LogP) is 2.87. The van der Waals surface area contributed by atoms with Crippen molar-refractivity contribution in [3.8, 4) is 5.75 Å². The van der Waals surface area contributed by atoms with Crippen molar-refractivity contribution in [1.29, 1.82) is 0 Å². The topological polar surface area (TPSA) is 57.6 Å². The monoisotopic (exact) mass is 341 g/mol. The Kier molecular flexibility index (Phi) is 5.89. The zero-order valence-electron chi connectivity index (χ0n) is 15.0. The lowest BCUT2D eigenvalue weighted by molar-refractivity contribution is 0.121. The summed E-state index contributed by atoms with van der Waals surface area (Å²) in [6.07, 6.45) is 2.41. The third-order valence-electron chi connectivity index (χ3n) is 4.78. The zero-order chi connectivity index (χ0) is 17.6. The molecule has 3 rings (SSSR count). The number of likely N-dealkylation sites (tertiary alicyclic amines) is 1. The maximum atomic E-state index is 10.7. The molecule has 0 unspecified atom stereocenters. The third kappa shape index (κ3) is 4.71. The molecule has 1 aromatic heterocycles. The molecule has 0 amide bonds. The van der Waals surface area contributed by atoms with E-state index in [0.717, 1.165) is 48.7 Å². The second-order valence-corrected chi connectivity index (χ2v) is 6.77. The van der Waals surface area contributed by atoms with E-state index < -0.39 is 6.10 Å². The van der Waals surface area contributed by atoms with Gasteiger partial charge in [-0.15, -0.1) is 0 Å². The van der Waals surface area contributed by atoms with E-state index in [1.54, 1.807) is 13.3 Å². The van der Waals surface area contributed by atoms with E-state index >= 15 is 0 Å². The molecule has 2 atom stereocenters. The maximum Gasteiger partial charge on any atom is 0.125 e. The van der Waals surface area contributed by atoms with Crippen LogP contribution in [0, 0.1) is 12.8 Å². The number of aliphatic hydroxyl groups is 1. The number of β-amino-alcohol motifs (C(OH)–C–C–N with tert-alkyl or cyclic N) is 1. The van der Waals surface area contributed by atoms with Crippen LogP contribution in [0.3, 0.4) is 0 Å². The Morgan fingerprint density at radius 3 is 3.00 bits per heavy atom. The van der Waals surface area contributed by atoms with Gasteiger partial charge in [0.05, 0.1) is 13.2 Å². The van der Waals surface area contributed by atoms with E-state index in [9.17, 15) is 5.11 Å². The van der Waals surface area contributed by atoms with E-state index in [1.807, 2.05) is 43.3 Å². The summed E-state index contributed by atoms with van der Waals surface area (Å²) >= 11 is 0. The molecule has 1 aromatic carbocycles. The van der Waals surface area contributed by atoms with Gasteiger partial charge in [-0.3, -0.25) is 0 Å². The van der Waals surface area contributed by atoms with Gasteiger partial charge in [0.25, 0.3) is 0 Å². The number of benzene rings is 1. The molecule has 2 heterocycles. The van der Waals surface area contributed by atoms with Crippen LogP contribution in [0.4, 0.5) is 5.82 Å². The molecule has 2 aromatic rings. The first kappa shape index (κ1) is 17.7. The lowest BCUT2D eigenvalue weighted by atomic mass is 10.0. The highest BCUT2D eigenvalue weighted by molar-refractivity contribution is 5.38. The highest BCUT2D eigenvalue weighted by atomic mass is 16.5. The van der Waals surface area contributed by atoms with Crippen molar-refractivity contribution in [2.75, 3.05) is 38.6 Å². The molecule has 2 N–H and O–H groups in total. The molecule has 0 aliphatic carbocycles. The van der Waals surface area contributed by atoms with Gasteiger partial charge in [-0.25, -0.2) is 4.98 Å². The summed E-state index contributed by atoms with van der Waals surface area (Å²) in [6.45, 7) is 5.59. The van der Waals surface area contributed by atoms with Crippen molar-refractivity contribution in [3.05, 3.63) is 53.7 Å². The van der Waals surface area contributed by atoms with Crippen LogP contribution in [-0.4, -0.2) is 48.3 Å². The van der Waals surface area contributed by atoms with Crippen molar-refractivity contribution in [1.82, 2.24) is 9.88 Å². The molecule has 1 fully saturated rings. The molecule has 5 heteroatoms. The predicted molar refractivity (Wildman–Crippen MR) is 100.0 cm³/mol. The van der Waals surface area contributed by atoms with Crippen molar-refractivity contribution in [3.63, 3.8) is 0 Å². The number of anilines is 1. The largest absolute Gasteiger partial charge is 0.496 e. The fourth-order valence-electron chi connectivity index (χ4n) is 3.42. The number of pyridine rings is 1. The summed E-state index contributed by atoms with van der Waals surface area (Å²) in [5.41, 5.74) is 2.01. The van der Waals surface area contributed by atoms with Crippen LogP contribution in [0.1, 0.15) is 23.7 Å². The van der Waals surface area contributed by atoms with Gasteiger partial charge >= 0.3 is 0 Å². The van der Waals surface area contributed by atoms with E-state index in [2.05, 4.69) is 15.2 Å². The maximum absolute atomic E-state index is 10.7.